The van der Waals surface area contributed by atoms with E-state index in [1.54, 1.807) is 30.3 Å². The van der Waals surface area contributed by atoms with Gasteiger partial charge in [0.15, 0.2) is 0 Å². The number of nitrogens with one attached hydrogen (secondary N) is 2. The van der Waals surface area contributed by atoms with Crippen LogP contribution in [0.4, 0.5) is 17.1 Å². The van der Waals surface area contributed by atoms with Gasteiger partial charge in [-0.15, -0.1) is 0 Å². The monoisotopic (exact) mass is 322 g/mol. The zero-order chi connectivity index (χ0) is 17.5. The van der Waals surface area contributed by atoms with E-state index >= 15 is 0 Å². The van der Waals surface area contributed by atoms with Gasteiger partial charge in [0.2, 0.25) is 0 Å². The molecule has 0 saturated heterocycles. The molecule has 0 aliphatic heterocycles. The fourth-order valence-corrected chi connectivity index (χ4v) is 1.81. The molecular formula is C17H14N4O3. The first-order chi connectivity index (χ1) is 11.5. The molecule has 0 aliphatic carbocycles. The average Bonchev–Trinajstić information content (AvgIpc) is 2.57. The molecule has 0 spiro atoms. The van der Waals surface area contributed by atoms with Crippen molar-refractivity contribution in [3.8, 4) is 6.07 Å². The van der Waals surface area contributed by atoms with E-state index in [-0.39, 0.29) is 16.8 Å². The number of nitriles is 1. The number of nitrogens with zero attached hydrogens (tertiary/aromatic N) is 1. The number of carboxylic acids is 1. The van der Waals surface area contributed by atoms with E-state index in [9.17, 15) is 9.59 Å². The van der Waals surface area contributed by atoms with Gasteiger partial charge in [-0.3, -0.25) is 4.79 Å². The van der Waals surface area contributed by atoms with E-state index in [1.807, 2.05) is 0 Å². The minimum absolute atomic E-state index is 0.0373. The lowest BCUT2D eigenvalue weighted by atomic mass is 10.2. The van der Waals surface area contributed by atoms with Crippen molar-refractivity contribution in [2.24, 2.45) is 0 Å². The van der Waals surface area contributed by atoms with Gasteiger partial charge in [-0.1, -0.05) is 6.07 Å². The lowest BCUT2D eigenvalue weighted by Gasteiger charge is -2.06. The Balaban J connectivity index is 2.10. The molecule has 0 saturated carbocycles. The zero-order valence-corrected chi connectivity index (χ0v) is 12.5. The summed E-state index contributed by atoms with van der Waals surface area (Å²) >= 11 is 0. The largest absolute Gasteiger partial charge is 0.478 e. The topological polar surface area (TPSA) is 128 Å². The lowest BCUT2D eigenvalue weighted by molar-refractivity contribution is -0.112. The first kappa shape index (κ1) is 16.6. The van der Waals surface area contributed by atoms with Gasteiger partial charge in [0, 0.05) is 23.3 Å². The van der Waals surface area contributed by atoms with Crippen molar-refractivity contribution in [3.63, 3.8) is 0 Å². The molecule has 0 atom stereocenters. The number of hydrogen-bond acceptors (Lipinski definition) is 5. The SMILES string of the molecule is N#C/C(=C/Nc1ccc(N)cc1)C(=O)Nc1cccc(C(=O)O)c1. The predicted octanol–water partition coefficient (Wildman–Crippen LogP) is 2.43. The average molecular weight is 322 g/mol. The van der Waals surface area contributed by atoms with Gasteiger partial charge in [-0.05, 0) is 42.5 Å². The maximum absolute atomic E-state index is 12.1. The van der Waals surface area contributed by atoms with Crippen molar-refractivity contribution in [2.75, 3.05) is 16.4 Å². The standard InChI is InChI=1S/C17H14N4O3/c18-9-12(10-20-14-6-4-13(19)5-7-14)16(22)21-15-3-1-2-11(8-15)17(23)24/h1-8,10,20H,19H2,(H,21,22)(H,23,24)/b12-10-. The van der Waals surface area contributed by atoms with Crippen LogP contribution in [-0.4, -0.2) is 17.0 Å². The summed E-state index contributed by atoms with van der Waals surface area (Å²) in [6.45, 7) is 0. The van der Waals surface area contributed by atoms with Gasteiger partial charge in [-0.2, -0.15) is 5.26 Å². The van der Waals surface area contributed by atoms with E-state index in [1.165, 1.54) is 30.5 Å². The van der Waals surface area contributed by atoms with Crippen molar-refractivity contribution in [2.45, 2.75) is 0 Å². The van der Waals surface area contributed by atoms with Gasteiger partial charge in [0.05, 0.1) is 5.56 Å². The van der Waals surface area contributed by atoms with Crippen molar-refractivity contribution in [1.82, 2.24) is 0 Å². The van der Waals surface area contributed by atoms with Crippen LogP contribution in [-0.2, 0) is 4.79 Å². The molecule has 2 aromatic rings. The van der Waals surface area contributed by atoms with Gasteiger partial charge < -0.3 is 21.5 Å². The van der Waals surface area contributed by atoms with Crippen molar-refractivity contribution >= 4 is 28.9 Å². The summed E-state index contributed by atoms with van der Waals surface area (Å²) in [6, 6.07) is 14.3. The number of aromatic carboxylic acids is 1. The predicted molar refractivity (Wildman–Crippen MR) is 90.2 cm³/mol. The molecule has 0 fully saturated rings. The number of nitrogens with two attached hydrogens (primary N) is 1. The highest BCUT2D eigenvalue weighted by atomic mass is 16.4. The normalized spacial score (nSPS) is 10.5. The summed E-state index contributed by atoms with van der Waals surface area (Å²) in [5.41, 5.74) is 7.00. The third-order valence-electron chi connectivity index (χ3n) is 3.03. The number of hydrogen-bond donors (Lipinski definition) is 4. The Bertz CT molecular complexity index is 836. The maximum Gasteiger partial charge on any atom is 0.335 e. The first-order valence-electron chi connectivity index (χ1n) is 6.86. The molecule has 0 aromatic heterocycles. The summed E-state index contributed by atoms with van der Waals surface area (Å²) in [5.74, 6) is -1.75. The molecule has 2 rings (SSSR count). The fraction of sp³-hybridized carbons (Fsp3) is 0. The molecule has 0 radical (unpaired) electrons. The number of rotatable bonds is 5. The fourth-order valence-electron chi connectivity index (χ4n) is 1.81. The van der Waals surface area contributed by atoms with Gasteiger partial charge >= 0.3 is 5.97 Å². The second-order valence-corrected chi connectivity index (χ2v) is 4.78. The van der Waals surface area contributed by atoms with Crippen LogP contribution in [0.5, 0.6) is 0 Å². The second-order valence-electron chi connectivity index (χ2n) is 4.78. The minimum Gasteiger partial charge on any atom is -0.478 e. The van der Waals surface area contributed by atoms with Crippen molar-refractivity contribution in [1.29, 1.82) is 5.26 Å². The molecule has 7 heteroatoms. The highest BCUT2D eigenvalue weighted by Gasteiger charge is 2.10. The zero-order valence-electron chi connectivity index (χ0n) is 12.5. The number of carbonyl (C=O) groups is 2. The molecule has 0 heterocycles. The Kier molecular flexibility index (Phi) is 5.16. The summed E-state index contributed by atoms with van der Waals surface area (Å²) in [7, 11) is 0. The number of carboxylic acid groups (broad SMARTS) is 1. The molecule has 0 unspecified atom stereocenters. The van der Waals surface area contributed by atoms with Crippen LogP contribution in [0.15, 0.2) is 60.3 Å². The number of amides is 1. The molecule has 5 N–H and O–H groups in total. The van der Waals surface area contributed by atoms with Crippen LogP contribution in [0.3, 0.4) is 0 Å². The van der Waals surface area contributed by atoms with Gasteiger partial charge in [0.25, 0.3) is 5.91 Å². The lowest BCUT2D eigenvalue weighted by Crippen LogP contribution is -2.15. The van der Waals surface area contributed by atoms with Crippen molar-refractivity contribution < 1.29 is 14.7 Å². The molecular weight excluding hydrogens is 308 g/mol. The minimum atomic E-state index is -1.10. The second kappa shape index (κ2) is 7.47. The molecule has 120 valence electrons. The Morgan fingerprint density at radius 1 is 1.12 bits per heavy atom. The third-order valence-corrected chi connectivity index (χ3v) is 3.03. The van der Waals surface area contributed by atoms with E-state index in [4.69, 9.17) is 16.1 Å². The molecule has 0 bridgehead atoms. The van der Waals surface area contributed by atoms with Crippen LogP contribution in [0.25, 0.3) is 0 Å². The van der Waals surface area contributed by atoms with E-state index in [0.717, 1.165) is 0 Å². The smallest absolute Gasteiger partial charge is 0.335 e. The highest BCUT2D eigenvalue weighted by Crippen LogP contribution is 2.13. The molecule has 0 aliphatic rings. The molecule has 2 aromatic carbocycles. The Morgan fingerprint density at radius 3 is 2.46 bits per heavy atom. The number of nitrogen functional groups attached to an aromatic ring is 1. The Hall–Kier alpha value is -3.79. The van der Waals surface area contributed by atoms with Crippen LogP contribution >= 0.6 is 0 Å². The third kappa shape index (κ3) is 4.35. The van der Waals surface area contributed by atoms with Crippen LogP contribution in [0, 0.1) is 11.3 Å². The van der Waals surface area contributed by atoms with Gasteiger partial charge in [0.1, 0.15) is 11.6 Å². The van der Waals surface area contributed by atoms with Gasteiger partial charge in [-0.25, -0.2) is 4.79 Å². The maximum atomic E-state index is 12.1. The summed E-state index contributed by atoms with van der Waals surface area (Å²) in [6.07, 6.45) is 1.27. The number of carbonyl (C=O) groups excluding carboxylic acids is 1. The van der Waals surface area contributed by atoms with Crippen molar-refractivity contribution in [3.05, 3.63) is 65.9 Å². The molecule has 24 heavy (non-hydrogen) atoms. The summed E-state index contributed by atoms with van der Waals surface area (Å²) < 4.78 is 0. The quantitative estimate of drug-likeness (QED) is 0.380. The Morgan fingerprint density at radius 2 is 1.83 bits per heavy atom. The van der Waals surface area contributed by atoms with E-state index in [0.29, 0.717) is 11.4 Å². The van der Waals surface area contributed by atoms with Crippen LogP contribution in [0.1, 0.15) is 10.4 Å². The summed E-state index contributed by atoms with van der Waals surface area (Å²) in [5, 5.41) is 23.3. The number of anilines is 3. The molecule has 7 nitrogen and oxygen atoms in total. The summed E-state index contributed by atoms with van der Waals surface area (Å²) in [4.78, 5) is 23.0. The van der Waals surface area contributed by atoms with Crippen LogP contribution < -0.4 is 16.4 Å². The number of benzene rings is 2. The Labute approximate surface area is 138 Å². The molecule has 1 amide bonds. The van der Waals surface area contributed by atoms with E-state index < -0.39 is 11.9 Å². The highest BCUT2D eigenvalue weighted by molar-refractivity contribution is 6.07. The van der Waals surface area contributed by atoms with E-state index in [2.05, 4.69) is 10.6 Å². The first-order valence-corrected chi connectivity index (χ1v) is 6.86. The van der Waals surface area contributed by atoms with Crippen LogP contribution in [0.2, 0.25) is 0 Å².